The number of aromatic nitrogens is 2. The van der Waals surface area contributed by atoms with Gasteiger partial charge in [-0.05, 0) is 55.3 Å². The van der Waals surface area contributed by atoms with Crippen LogP contribution < -0.4 is 10.6 Å². The number of anilines is 3. The molecule has 2 N–H and O–H groups in total. The lowest BCUT2D eigenvalue weighted by Gasteiger charge is -2.10. The number of para-hydroxylation sites is 1. The van der Waals surface area contributed by atoms with Crippen molar-refractivity contribution in [2.75, 3.05) is 10.6 Å². The van der Waals surface area contributed by atoms with Gasteiger partial charge in [0.1, 0.15) is 17.3 Å². The van der Waals surface area contributed by atoms with Crippen molar-refractivity contribution in [2.45, 2.75) is 13.8 Å². The van der Waals surface area contributed by atoms with E-state index in [2.05, 4.69) is 20.8 Å². The Hall–Kier alpha value is -3.35. The second kappa shape index (κ2) is 7.26. The lowest BCUT2D eigenvalue weighted by molar-refractivity contribution is 0.102. The molecule has 5 nitrogen and oxygen atoms in total. The minimum atomic E-state index is -0.862. The van der Waals surface area contributed by atoms with E-state index in [9.17, 15) is 13.6 Å². The number of aryl methyl sites for hydroxylation is 2. The summed E-state index contributed by atoms with van der Waals surface area (Å²) in [6, 6.07) is 12.3. The molecule has 0 aliphatic heterocycles. The van der Waals surface area contributed by atoms with Gasteiger partial charge in [0.2, 0.25) is 0 Å². The smallest absolute Gasteiger partial charge is 0.276 e. The summed E-state index contributed by atoms with van der Waals surface area (Å²) in [6.07, 6.45) is 0. The highest BCUT2D eigenvalue weighted by atomic mass is 19.1. The van der Waals surface area contributed by atoms with E-state index in [1.807, 2.05) is 32.0 Å². The van der Waals surface area contributed by atoms with Gasteiger partial charge >= 0.3 is 0 Å². The van der Waals surface area contributed by atoms with Crippen LogP contribution in [-0.4, -0.2) is 16.1 Å². The highest BCUT2D eigenvalue weighted by molar-refractivity contribution is 6.02. The Morgan fingerprint density at radius 2 is 1.69 bits per heavy atom. The monoisotopic (exact) mass is 354 g/mol. The fourth-order valence-corrected chi connectivity index (χ4v) is 2.32. The number of hydrogen-bond donors (Lipinski definition) is 2. The Labute approximate surface area is 149 Å². The molecule has 1 aromatic heterocycles. The molecule has 0 bridgehead atoms. The zero-order valence-electron chi connectivity index (χ0n) is 14.2. The van der Waals surface area contributed by atoms with Crippen molar-refractivity contribution in [3.63, 3.8) is 0 Å². The van der Waals surface area contributed by atoms with Crippen LogP contribution >= 0.6 is 0 Å². The second-order valence-electron chi connectivity index (χ2n) is 5.80. The predicted octanol–water partition coefficient (Wildman–Crippen LogP) is 4.37. The van der Waals surface area contributed by atoms with Gasteiger partial charge < -0.3 is 10.6 Å². The molecule has 2 aromatic carbocycles. The van der Waals surface area contributed by atoms with E-state index in [4.69, 9.17) is 0 Å². The number of halogens is 2. The van der Waals surface area contributed by atoms with Gasteiger partial charge in [-0.25, -0.2) is 8.78 Å². The van der Waals surface area contributed by atoms with Crippen LogP contribution in [-0.2, 0) is 0 Å². The fraction of sp³-hybridized carbons (Fsp3) is 0.105. The highest BCUT2D eigenvalue weighted by Gasteiger charge is 2.15. The number of carbonyl (C=O) groups excluding carboxylic acids is 1. The molecule has 3 aromatic rings. The molecule has 3 rings (SSSR count). The minimum Gasteiger partial charge on any atom is -0.339 e. The van der Waals surface area contributed by atoms with E-state index in [-0.39, 0.29) is 5.69 Å². The average molecular weight is 354 g/mol. The van der Waals surface area contributed by atoms with Gasteiger partial charge in [-0.1, -0.05) is 18.2 Å². The van der Waals surface area contributed by atoms with Crippen molar-refractivity contribution < 1.29 is 13.6 Å². The lowest BCUT2D eigenvalue weighted by atomic mass is 10.1. The van der Waals surface area contributed by atoms with Crippen molar-refractivity contribution in [1.29, 1.82) is 0 Å². The lowest BCUT2D eigenvalue weighted by Crippen LogP contribution is -2.16. The third-order valence-electron chi connectivity index (χ3n) is 3.75. The first-order valence-corrected chi connectivity index (χ1v) is 7.87. The molecule has 132 valence electrons. The van der Waals surface area contributed by atoms with Crippen LogP contribution in [0.5, 0.6) is 0 Å². The van der Waals surface area contributed by atoms with Gasteiger partial charge in [-0.2, -0.15) is 0 Å². The molecule has 0 aliphatic carbocycles. The number of rotatable bonds is 4. The van der Waals surface area contributed by atoms with Crippen molar-refractivity contribution in [1.82, 2.24) is 10.2 Å². The van der Waals surface area contributed by atoms with Gasteiger partial charge in [-0.3, -0.25) is 4.79 Å². The maximum atomic E-state index is 13.6. The fourth-order valence-electron chi connectivity index (χ4n) is 2.32. The summed E-state index contributed by atoms with van der Waals surface area (Å²) < 4.78 is 27.2. The normalized spacial score (nSPS) is 10.5. The number of hydrogen-bond acceptors (Lipinski definition) is 4. The third kappa shape index (κ3) is 3.83. The quantitative estimate of drug-likeness (QED) is 0.730. The Kier molecular flexibility index (Phi) is 4.88. The molecule has 0 saturated heterocycles. The summed E-state index contributed by atoms with van der Waals surface area (Å²) in [5, 5.41) is 13.0. The maximum absolute atomic E-state index is 13.6. The van der Waals surface area contributed by atoms with E-state index in [1.54, 1.807) is 6.07 Å². The Balaban J connectivity index is 1.75. The maximum Gasteiger partial charge on any atom is 0.276 e. The topological polar surface area (TPSA) is 66.9 Å². The van der Waals surface area contributed by atoms with E-state index < -0.39 is 23.2 Å². The van der Waals surface area contributed by atoms with Gasteiger partial charge in [0.25, 0.3) is 5.91 Å². The molecular weight excluding hydrogens is 338 g/mol. The molecule has 0 spiro atoms. The Morgan fingerprint density at radius 3 is 2.35 bits per heavy atom. The van der Waals surface area contributed by atoms with Gasteiger partial charge in [0, 0.05) is 5.69 Å². The van der Waals surface area contributed by atoms with E-state index >= 15 is 0 Å². The van der Waals surface area contributed by atoms with E-state index in [1.165, 1.54) is 12.1 Å². The second-order valence-corrected chi connectivity index (χ2v) is 5.80. The van der Waals surface area contributed by atoms with Crippen LogP contribution in [0.1, 0.15) is 21.6 Å². The van der Waals surface area contributed by atoms with Crippen LogP contribution in [0.4, 0.5) is 26.0 Å². The van der Waals surface area contributed by atoms with Crippen molar-refractivity contribution >= 4 is 23.1 Å². The zero-order valence-corrected chi connectivity index (χ0v) is 14.2. The van der Waals surface area contributed by atoms with Gasteiger partial charge in [0.05, 0.1) is 0 Å². The van der Waals surface area contributed by atoms with Gasteiger partial charge in [-0.15, -0.1) is 10.2 Å². The summed E-state index contributed by atoms with van der Waals surface area (Å²) in [6.45, 7) is 3.94. The number of carbonyl (C=O) groups is 1. The van der Waals surface area contributed by atoms with Crippen molar-refractivity contribution in [3.05, 3.63) is 77.0 Å². The van der Waals surface area contributed by atoms with E-state index in [0.29, 0.717) is 5.82 Å². The van der Waals surface area contributed by atoms with Crippen LogP contribution in [0, 0.1) is 25.5 Å². The van der Waals surface area contributed by atoms with Crippen LogP contribution in [0.25, 0.3) is 0 Å². The molecular formula is C19H16F2N4O. The van der Waals surface area contributed by atoms with Crippen LogP contribution in [0.2, 0.25) is 0 Å². The molecule has 0 radical (unpaired) electrons. The molecule has 1 heterocycles. The summed E-state index contributed by atoms with van der Waals surface area (Å²) in [4.78, 5) is 12.1. The van der Waals surface area contributed by atoms with Crippen LogP contribution in [0.3, 0.4) is 0 Å². The molecule has 0 aliphatic rings. The SMILES string of the molecule is Cc1ccc(C)c(Nc2ccc(C(=O)Nc3c(F)cccc3F)nn2)c1. The summed E-state index contributed by atoms with van der Waals surface area (Å²) >= 11 is 0. The van der Waals surface area contributed by atoms with Gasteiger partial charge in [0.15, 0.2) is 11.5 Å². The Bertz CT molecular complexity index is 938. The van der Waals surface area contributed by atoms with Crippen molar-refractivity contribution in [2.24, 2.45) is 0 Å². The number of nitrogens with zero attached hydrogens (tertiary/aromatic N) is 2. The van der Waals surface area contributed by atoms with Crippen LogP contribution in [0.15, 0.2) is 48.5 Å². The first-order valence-electron chi connectivity index (χ1n) is 7.87. The minimum absolute atomic E-state index is 0.0563. The van der Waals surface area contributed by atoms with E-state index in [0.717, 1.165) is 28.9 Å². The molecule has 0 saturated carbocycles. The summed E-state index contributed by atoms with van der Waals surface area (Å²) in [5.74, 6) is -2.02. The third-order valence-corrected chi connectivity index (χ3v) is 3.75. The predicted molar refractivity (Wildman–Crippen MR) is 95.5 cm³/mol. The highest BCUT2D eigenvalue weighted by Crippen LogP contribution is 2.21. The largest absolute Gasteiger partial charge is 0.339 e. The zero-order chi connectivity index (χ0) is 18.7. The van der Waals surface area contributed by atoms with Crippen molar-refractivity contribution in [3.8, 4) is 0 Å². The first-order chi connectivity index (χ1) is 12.4. The number of amides is 1. The molecule has 0 atom stereocenters. The Morgan fingerprint density at radius 1 is 0.962 bits per heavy atom. The number of benzene rings is 2. The molecule has 0 fully saturated rings. The molecule has 0 unspecified atom stereocenters. The molecule has 1 amide bonds. The average Bonchev–Trinajstić information content (AvgIpc) is 2.62. The molecule has 26 heavy (non-hydrogen) atoms. The standard InChI is InChI=1S/C19H16F2N4O/c1-11-6-7-12(2)16(10-11)22-17-9-8-15(24-25-17)19(26)23-18-13(20)4-3-5-14(18)21/h3-10H,1-2H3,(H,22,25)(H,23,26). The summed E-state index contributed by atoms with van der Waals surface area (Å²) in [5.41, 5.74) is 2.43. The first kappa shape index (κ1) is 17.5. The number of nitrogens with one attached hydrogen (secondary N) is 2. The summed E-state index contributed by atoms with van der Waals surface area (Å²) in [7, 11) is 0. The molecule has 7 heteroatoms.